The second kappa shape index (κ2) is 7.40. The molecular formula is C17H22N2O2S. The summed E-state index contributed by atoms with van der Waals surface area (Å²) in [5, 5.41) is 3.84. The first-order valence-electron chi connectivity index (χ1n) is 7.39. The van der Waals surface area contributed by atoms with E-state index >= 15 is 0 Å². The standard InChI is InChI=1S/C17H22N2O2S/c1-11(2)16-17(22-10-18-16)19-15(20)9-12(3)13-7-5-6-8-14(13)21-4/h5-8,10-12H,9H2,1-4H3,(H,19,20). The van der Waals surface area contributed by atoms with Gasteiger partial charge in [-0.2, -0.15) is 0 Å². The number of carbonyl (C=O) groups is 1. The van der Waals surface area contributed by atoms with Crippen LogP contribution in [0.3, 0.4) is 0 Å². The highest BCUT2D eigenvalue weighted by molar-refractivity contribution is 7.14. The Morgan fingerprint density at radius 1 is 1.32 bits per heavy atom. The highest BCUT2D eigenvalue weighted by Crippen LogP contribution is 2.30. The summed E-state index contributed by atoms with van der Waals surface area (Å²) in [5.74, 6) is 1.22. The van der Waals surface area contributed by atoms with E-state index in [1.165, 1.54) is 11.3 Å². The fourth-order valence-electron chi connectivity index (χ4n) is 2.40. The third kappa shape index (κ3) is 3.85. The van der Waals surface area contributed by atoms with Crippen molar-refractivity contribution in [1.29, 1.82) is 0 Å². The minimum absolute atomic E-state index is 0.00422. The molecule has 0 bridgehead atoms. The number of amides is 1. The van der Waals surface area contributed by atoms with Gasteiger partial charge in [-0.05, 0) is 23.5 Å². The van der Waals surface area contributed by atoms with Gasteiger partial charge in [0.2, 0.25) is 5.91 Å². The third-order valence-electron chi connectivity index (χ3n) is 3.56. The normalized spacial score (nSPS) is 12.2. The minimum Gasteiger partial charge on any atom is -0.496 e. The van der Waals surface area contributed by atoms with Gasteiger partial charge in [0.25, 0.3) is 0 Å². The van der Waals surface area contributed by atoms with Gasteiger partial charge in [0.05, 0.1) is 18.3 Å². The van der Waals surface area contributed by atoms with Crippen LogP contribution >= 0.6 is 11.3 Å². The number of aromatic nitrogens is 1. The third-order valence-corrected chi connectivity index (χ3v) is 4.31. The fourth-order valence-corrected chi connectivity index (χ4v) is 3.25. The molecule has 4 nitrogen and oxygen atoms in total. The number of methoxy groups -OCH3 is 1. The fraction of sp³-hybridized carbons (Fsp3) is 0.412. The topological polar surface area (TPSA) is 51.2 Å². The number of para-hydroxylation sites is 1. The summed E-state index contributed by atoms with van der Waals surface area (Å²) < 4.78 is 5.36. The number of nitrogens with zero attached hydrogens (tertiary/aromatic N) is 1. The summed E-state index contributed by atoms with van der Waals surface area (Å²) in [4.78, 5) is 16.6. The Labute approximate surface area is 135 Å². The molecule has 0 saturated carbocycles. The van der Waals surface area contributed by atoms with Crippen LogP contribution in [0.1, 0.15) is 50.3 Å². The van der Waals surface area contributed by atoms with Crippen molar-refractivity contribution in [2.24, 2.45) is 0 Å². The molecule has 0 aliphatic rings. The van der Waals surface area contributed by atoms with E-state index in [4.69, 9.17) is 4.74 Å². The molecule has 1 N–H and O–H groups in total. The maximum atomic E-state index is 12.3. The second-order valence-electron chi connectivity index (χ2n) is 5.62. The zero-order valence-electron chi connectivity index (χ0n) is 13.4. The molecule has 2 aromatic rings. The van der Waals surface area contributed by atoms with Gasteiger partial charge < -0.3 is 10.1 Å². The lowest BCUT2D eigenvalue weighted by molar-refractivity contribution is -0.116. The van der Waals surface area contributed by atoms with Gasteiger partial charge in [-0.1, -0.05) is 39.0 Å². The Morgan fingerprint density at radius 2 is 2.05 bits per heavy atom. The lowest BCUT2D eigenvalue weighted by Crippen LogP contribution is -2.15. The van der Waals surface area contributed by atoms with Crippen molar-refractivity contribution in [2.45, 2.75) is 39.0 Å². The molecule has 1 heterocycles. The number of hydrogen-bond donors (Lipinski definition) is 1. The zero-order chi connectivity index (χ0) is 16.1. The molecule has 118 valence electrons. The highest BCUT2D eigenvalue weighted by Gasteiger charge is 2.17. The molecule has 1 aromatic carbocycles. The number of anilines is 1. The van der Waals surface area contributed by atoms with E-state index in [1.807, 2.05) is 31.2 Å². The average molecular weight is 318 g/mol. The Morgan fingerprint density at radius 3 is 2.73 bits per heavy atom. The first-order chi connectivity index (χ1) is 10.5. The van der Waals surface area contributed by atoms with Gasteiger partial charge in [-0.3, -0.25) is 4.79 Å². The van der Waals surface area contributed by atoms with Crippen LogP contribution in [0.4, 0.5) is 5.00 Å². The molecule has 0 aliphatic carbocycles. The van der Waals surface area contributed by atoms with Crippen LogP contribution in [0, 0.1) is 0 Å². The van der Waals surface area contributed by atoms with Crippen molar-refractivity contribution < 1.29 is 9.53 Å². The van der Waals surface area contributed by atoms with E-state index in [9.17, 15) is 4.79 Å². The number of hydrogen-bond acceptors (Lipinski definition) is 4. The number of ether oxygens (including phenoxy) is 1. The van der Waals surface area contributed by atoms with E-state index in [0.29, 0.717) is 12.3 Å². The summed E-state index contributed by atoms with van der Waals surface area (Å²) in [6.45, 7) is 6.18. The van der Waals surface area contributed by atoms with Gasteiger partial charge in [0.15, 0.2) is 0 Å². The molecule has 22 heavy (non-hydrogen) atoms. The summed E-state index contributed by atoms with van der Waals surface area (Å²) in [6.07, 6.45) is 0.413. The molecule has 1 unspecified atom stereocenters. The van der Waals surface area contributed by atoms with Crippen LogP contribution in [0.5, 0.6) is 5.75 Å². The van der Waals surface area contributed by atoms with Crippen LogP contribution in [-0.4, -0.2) is 18.0 Å². The maximum absolute atomic E-state index is 12.3. The molecule has 0 fully saturated rings. The Hall–Kier alpha value is -1.88. The van der Waals surface area contributed by atoms with Gasteiger partial charge in [-0.15, -0.1) is 11.3 Å². The molecule has 0 aliphatic heterocycles. The molecule has 1 amide bonds. The first kappa shape index (κ1) is 16.5. The monoisotopic (exact) mass is 318 g/mol. The Kier molecular flexibility index (Phi) is 5.55. The predicted molar refractivity (Wildman–Crippen MR) is 90.9 cm³/mol. The number of benzene rings is 1. The quantitative estimate of drug-likeness (QED) is 0.858. The van der Waals surface area contributed by atoms with Gasteiger partial charge in [-0.25, -0.2) is 4.98 Å². The van der Waals surface area contributed by atoms with Crippen molar-refractivity contribution in [1.82, 2.24) is 4.98 Å². The molecule has 1 atom stereocenters. The molecule has 1 aromatic heterocycles. The molecule has 0 spiro atoms. The smallest absolute Gasteiger partial charge is 0.225 e. The van der Waals surface area contributed by atoms with Crippen molar-refractivity contribution in [2.75, 3.05) is 12.4 Å². The van der Waals surface area contributed by atoms with Crippen LogP contribution in [0.15, 0.2) is 29.8 Å². The van der Waals surface area contributed by atoms with E-state index in [0.717, 1.165) is 22.0 Å². The number of thiazole rings is 1. The van der Waals surface area contributed by atoms with Gasteiger partial charge in [0.1, 0.15) is 10.8 Å². The summed E-state index contributed by atoms with van der Waals surface area (Å²) in [6, 6.07) is 7.82. The maximum Gasteiger partial charge on any atom is 0.225 e. The van der Waals surface area contributed by atoms with E-state index in [1.54, 1.807) is 12.6 Å². The van der Waals surface area contributed by atoms with Crippen LogP contribution in [-0.2, 0) is 4.79 Å². The van der Waals surface area contributed by atoms with Crippen LogP contribution in [0.2, 0.25) is 0 Å². The molecule has 0 radical (unpaired) electrons. The van der Waals surface area contributed by atoms with E-state index in [2.05, 4.69) is 24.1 Å². The number of rotatable bonds is 6. The number of nitrogens with one attached hydrogen (secondary N) is 1. The second-order valence-corrected chi connectivity index (χ2v) is 6.47. The molecular weight excluding hydrogens is 296 g/mol. The van der Waals surface area contributed by atoms with E-state index in [-0.39, 0.29) is 11.8 Å². The Bertz CT molecular complexity index is 637. The summed E-state index contributed by atoms with van der Waals surface area (Å²) in [7, 11) is 1.65. The average Bonchev–Trinajstić information content (AvgIpc) is 2.95. The van der Waals surface area contributed by atoms with Crippen molar-refractivity contribution in [3.8, 4) is 5.75 Å². The lowest BCUT2D eigenvalue weighted by Gasteiger charge is -2.15. The van der Waals surface area contributed by atoms with Crippen LogP contribution in [0.25, 0.3) is 0 Å². The number of carbonyl (C=O) groups excluding carboxylic acids is 1. The van der Waals surface area contributed by atoms with Crippen molar-refractivity contribution in [3.05, 3.63) is 41.0 Å². The van der Waals surface area contributed by atoms with Crippen LogP contribution < -0.4 is 10.1 Å². The molecule has 5 heteroatoms. The SMILES string of the molecule is COc1ccccc1C(C)CC(=O)Nc1scnc1C(C)C. The highest BCUT2D eigenvalue weighted by atomic mass is 32.1. The van der Waals surface area contributed by atoms with Crippen molar-refractivity contribution in [3.63, 3.8) is 0 Å². The van der Waals surface area contributed by atoms with Crippen molar-refractivity contribution >= 4 is 22.2 Å². The largest absolute Gasteiger partial charge is 0.496 e. The summed E-state index contributed by atoms with van der Waals surface area (Å²) >= 11 is 1.47. The summed E-state index contributed by atoms with van der Waals surface area (Å²) in [5.41, 5.74) is 3.77. The molecule has 0 saturated heterocycles. The van der Waals surface area contributed by atoms with Gasteiger partial charge >= 0.3 is 0 Å². The van der Waals surface area contributed by atoms with Gasteiger partial charge in [0, 0.05) is 6.42 Å². The molecule has 2 rings (SSSR count). The lowest BCUT2D eigenvalue weighted by atomic mass is 9.96. The Balaban J connectivity index is 2.04. The van der Waals surface area contributed by atoms with E-state index < -0.39 is 0 Å². The predicted octanol–water partition coefficient (Wildman–Crippen LogP) is 4.41. The minimum atomic E-state index is 0.00422. The zero-order valence-corrected chi connectivity index (χ0v) is 14.2. The first-order valence-corrected chi connectivity index (χ1v) is 8.27.